The van der Waals surface area contributed by atoms with Gasteiger partial charge in [0.15, 0.2) is 0 Å². The van der Waals surface area contributed by atoms with Crippen molar-refractivity contribution in [3.05, 3.63) is 59.2 Å². The Morgan fingerprint density at radius 3 is 2.36 bits per heavy atom. The van der Waals surface area contributed by atoms with Crippen LogP contribution in [0, 0.1) is 11.6 Å². The zero-order valence-electron chi connectivity index (χ0n) is 19.1. The highest BCUT2D eigenvalue weighted by Gasteiger charge is 2.19. The maximum atomic E-state index is 14.6. The van der Waals surface area contributed by atoms with Gasteiger partial charge in [0, 0.05) is 25.1 Å². The lowest BCUT2D eigenvalue weighted by molar-refractivity contribution is -0.121. The zero-order chi connectivity index (χ0) is 24.6. The number of esters is 1. The molecule has 0 saturated heterocycles. The molecule has 2 aromatic rings. The Bertz CT molecular complexity index is 1020. The van der Waals surface area contributed by atoms with Crippen LogP contribution in [-0.4, -0.2) is 37.2 Å². The molecule has 0 radical (unpaired) electrons. The van der Waals surface area contributed by atoms with Crippen molar-refractivity contribution in [2.75, 3.05) is 13.7 Å². The van der Waals surface area contributed by atoms with Gasteiger partial charge in [-0.25, -0.2) is 18.4 Å². The van der Waals surface area contributed by atoms with E-state index in [4.69, 9.17) is 4.74 Å². The second-order valence-electron chi connectivity index (χ2n) is 8.27. The molecule has 9 heteroatoms. The number of alkyl carbamates (subject to hydrolysis) is 1. The summed E-state index contributed by atoms with van der Waals surface area (Å²) in [7, 11) is 1.14. The summed E-state index contributed by atoms with van der Waals surface area (Å²) in [5.41, 5.74) is -0.142. The number of halogens is 2. The van der Waals surface area contributed by atoms with Crippen LogP contribution in [0.4, 0.5) is 13.6 Å². The molecule has 0 spiro atoms. The largest absolute Gasteiger partial charge is 0.465 e. The lowest BCUT2D eigenvalue weighted by Gasteiger charge is -2.19. The molecule has 2 N–H and O–H groups in total. The summed E-state index contributed by atoms with van der Waals surface area (Å²) in [6.07, 6.45) is -0.0253. The molecule has 2 amide bonds. The van der Waals surface area contributed by atoms with Crippen LogP contribution >= 0.6 is 0 Å². The number of hydrogen-bond donors (Lipinski definition) is 2. The van der Waals surface area contributed by atoms with E-state index in [1.165, 1.54) is 30.3 Å². The fourth-order valence-electron chi connectivity index (χ4n) is 2.97. The quantitative estimate of drug-likeness (QED) is 0.450. The molecule has 0 bridgehead atoms. The third kappa shape index (κ3) is 7.85. The van der Waals surface area contributed by atoms with E-state index in [0.29, 0.717) is 12.0 Å². The fourth-order valence-corrected chi connectivity index (χ4v) is 2.97. The van der Waals surface area contributed by atoms with E-state index in [1.807, 2.05) is 0 Å². The van der Waals surface area contributed by atoms with Gasteiger partial charge in [0.05, 0.1) is 7.11 Å². The van der Waals surface area contributed by atoms with Crippen LogP contribution < -0.4 is 10.6 Å². The molecule has 0 aromatic heterocycles. The van der Waals surface area contributed by atoms with E-state index in [9.17, 15) is 23.2 Å². The van der Waals surface area contributed by atoms with Gasteiger partial charge in [0.2, 0.25) is 5.91 Å². The van der Waals surface area contributed by atoms with Gasteiger partial charge >= 0.3 is 12.1 Å². The molecular formula is C24H28F2N2O5. The summed E-state index contributed by atoms with van der Waals surface area (Å²) in [6, 6.07) is 8.21. The smallest absolute Gasteiger partial charge is 0.407 e. The minimum atomic E-state index is -0.860. The Kier molecular flexibility index (Phi) is 8.90. The zero-order valence-corrected chi connectivity index (χ0v) is 19.1. The molecule has 0 heterocycles. The SMILES string of the molecule is COC(=O)c1c(F)cccc1-c1ccc(CNC(=O)CCCNC(=O)OC(C)(C)C)c(F)c1. The van der Waals surface area contributed by atoms with Crippen molar-refractivity contribution in [1.29, 1.82) is 0 Å². The van der Waals surface area contributed by atoms with Gasteiger partial charge in [-0.3, -0.25) is 4.79 Å². The number of carbonyl (C=O) groups is 3. The van der Waals surface area contributed by atoms with Crippen molar-refractivity contribution in [1.82, 2.24) is 10.6 Å². The predicted octanol–water partition coefficient (Wildman–Crippen LogP) is 4.34. The van der Waals surface area contributed by atoms with E-state index in [0.717, 1.165) is 13.2 Å². The Morgan fingerprint density at radius 2 is 1.73 bits per heavy atom. The molecule has 0 unspecified atom stereocenters. The van der Waals surface area contributed by atoms with Crippen molar-refractivity contribution >= 4 is 18.0 Å². The van der Waals surface area contributed by atoms with Crippen molar-refractivity contribution in [3.8, 4) is 11.1 Å². The maximum Gasteiger partial charge on any atom is 0.407 e. The Balaban J connectivity index is 1.92. The first kappa shape index (κ1) is 25.8. The van der Waals surface area contributed by atoms with Gasteiger partial charge in [0.1, 0.15) is 22.8 Å². The summed E-state index contributed by atoms with van der Waals surface area (Å²) in [5.74, 6) is -2.54. The van der Waals surface area contributed by atoms with Crippen molar-refractivity contribution in [2.24, 2.45) is 0 Å². The van der Waals surface area contributed by atoms with Gasteiger partial charge in [-0.15, -0.1) is 0 Å². The molecule has 0 aliphatic heterocycles. The van der Waals surface area contributed by atoms with Crippen LogP contribution in [0.2, 0.25) is 0 Å². The van der Waals surface area contributed by atoms with E-state index in [2.05, 4.69) is 15.4 Å². The number of amides is 2. The summed E-state index contributed by atoms with van der Waals surface area (Å²) in [4.78, 5) is 35.5. The normalized spacial score (nSPS) is 11.0. The van der Waals surface area contributed by atoms with E-state index in [1.54, 1.807) is 20.8 Å². The number of ether oxygens (including phenoxy) is 2. The first-order valence-electron chi connectivity index (χ1n) is 10.4. The molecule has 33 heavy (non-hydrogen) atoms. The highest BCUT2D eigenvalue weighted by molar-refractivity contribution is 5.97. The van der Waals surface area contributed by atoms with Gasteiger partial charge in [0.25, 0.3) is 0 Å². The van der Waals surface area contributed by atoms with Crippen molar-refractivity contribution < 1.29 is 32.6 Å². The topological polar surface area (TPSA) is 93.7 Å². The monoisotopic (exact) mass is 462 g/mol. The summed E-state index contributed by atoms with van der Waals surface area (Å²) in [5, 5.41) is 5.18. The lowest BCUT2D eigenvalue weighted by Crippen LogP contribution is -2.33. The number of methoxy groups -OCH3 is 1. The molecule has 7 nitrogen and oxygen atoms in total. The van der Waals surface area contributed by atoms with Gasteiger partial charge in [-0.05, 0) is 50.5 Å². The molecule has 0 atom stereocenters. The second-order valence-corrected chi connectivity index (χ2v) is 8.27. The van der Waals surface area contributed by atoms with E-state index in [-0.39, 0.29) is 42.1 Å². The predicted molar refractivity (Wildman–Crippen MR) is 118 cm³/mol. The van der Waals surface area contributed by atoms with Crippen LogP contribution in [0.1, 0.15) is 49.5 Å². The molecule has 0 aliphatic carbocycles. The molecule has 0 saturated carbocycles. The van der Waals surface area contributed by atoms with E-state index < -0.39 is 29.3 Å². The van der Waals surface area contributed by atoms with Crippen LogP contribution in [0.15, 0.2) is 36.4 Å². The van der Waals surface area contributed by atoms with Gasteiger partial charge in [-0.1, -0.05) is 24.3 Å². The summed E-state index contributed by atoms with van der Waals surface area (Å²) < 4.78 is 38.5. The van der Waals surface area contributed by atoms with Crippen molar-refractivity contribution in [2.45, 2.75) is 45.8 Å². The molecule has 0 aliphatic rings. The molecular weight excluding hydrogens is 434 g/mol. The van der Waals surface area contributed by atoms with Crippen LogP contribution in [0.5, 0.6) is 0 Å². The van der Waals surface area contributed by atoms with Gasteiger partial charge in [-0.2, -0.15) is 0 Å². The number of rotatable bonds is 8. The third-order valence-electron chi connectivity index (χ3n) is 4.49. The standard InChI is InChI=1S/C24H28F2N2O5/c1-24(2,3)33-23(31)27-12-6-9-20(29)28-14-16-11-10-15(13-19(16)26)17-7-5-8-18(25)21(17)22(30)32-4/h5,7-8,10-11,13H,6,9,12,14H2,1-4H3,(H,27,31)(H,28,29). The van der Waals surface area contributed by atoms with Crippen LogP contribution in [0.3, 0.4) is 0 Å². The Labute approximate surface area is 191 Å². The fraction of sp³-hybridized carbons (Fsp3) is 0.375. The average molecular weight is 462 g/mol. The molecule has 0 fully saturated rings. The molecule has 178 valence electrons. The molecule has 2 aromatic carbocycles. The highest BCUT2D eigenvalue weighted by Crippen LogP contribution is 2.28. The second kappa shape index (κ2) is 11.4. The first-order valence-corrected chi connectivity index (χ1v) is 10.4. The minimum absolute atomic E-state index is 0.0442. The lowest BCUT2D eigenvalue weighted by atomic mass is 9.98. The Hall–Kier alpha value is -3.49. The number of nitrogens with one attached hydrogen (secondary N) is 2. The third-order valence-corrected chi connectivity index (χ3v) is 4.49. The van der Waals surface area contributed by atoms with Crippen LogP contribution in [0.25, 0.3) is 11.1 Å². The number of carbonyl (C=O) groups excluding carboxylic acids is 3. The maximum absolute atomic E-state index is 14.6. The minimum Gasteiger partial charge on any atom is -0.465 e. The van der Waals surface area contributed by atoms with Crippen LogP contribution in [-0.2, 0) is 20.8 Å². The van der Waals surface area contributed by atoms with E-state index >= 15 is 0 Å². The summed E-state index contributed by atoms with van der Waals surface area (Å²) in [6.45, 7) is 5.48. The Morgan fingerprint density at radius 1 is 1.00 bits per heavy atom. The average Bonchev–Trinajstić information content (AvgIpc) is 2.74. The van der Waals surface area contributed by atoms with Gasteiger partial charge < -0.3 is 20.1 Å². The highest BCUT2D eigenvalue weighted by atomic mass is 19.1. The summed E-state index contributed by atoms with van der Waals surface area (Å²) >= 11 is 0. The molecule has 2 rings (SSSR count). The van der Waals surface area contributed by atoms with Crippen molar-refractivity contribution in [3.63, 3.8) is 0 Å². The number of benzene rings is 2. The first-order chi connectivity index (χ1) is 15.5. The number of hydrogen-bond acceptors (Lipinski definition) is 5.